The molecule has 1 rings (SSSR count). The second-order valence-electron chi connectivity index (χ2n) is 5.96. The van der Waals surface area contributed by atoms with Crippen molar-refractivity contribution in [2.75, 3.05) is 6.54 Å². The molecule has 22 heavy (non-hydrogen) atoms. The van der Waals surface area contributed by atoms with Crippen molar-refractivity contribution in [1.82, 2.24) is 4.72 Å². The summed E-state index contributed by atoms with van der Waals surface area (Å²) in [6, 6.07) is 4.10. The highest BCUT2D eigenvalue weighted by molar-refractivity contribution is 7.89. The summed E-state index contributed by atoms with van der Waals surface area (Å²) in [5.74, 6) is 0.133. The fraction of sp³-hybridized carbons (Fsp3) is 0.571. The Hall–Kier alpha value is -1.12. The number of halogens is 3. The number of hydrogen-bond donors (Lipinski definition) is 2. The van der Waals surface area contributed by atoms with E-state index in [1.807, 2.05) is 13.8 Å². The quantitative estimate of drug-likeness (QED) is 0.838. The summed E-state index contributed by atoms with van der Waals surface area (Å²) < 4.78 is 66.1. The van der Waals surface area contributed by atoms with Gasteiger partial charge in [0.05, 0.1) is 10.5 Å². The Kier molecular flexibility index (Phi) is 5.64. The molecule has 3 N–H and O–H groups in total. The van der Waals surface area contributed by atoms with Crippen molar-refractivity contribution in [2.45, 2.75) is 43.8 Å². The molecule has 1 aromatic rings. The van der Waals surface area contributed by atoms with E-state index in [9.17, 15) is 21.6 Å². The van der Waals surface area contributed by atoms with Gasteiger partial charge in [-0.2, -0.15) is 13.2 Å². The van der Waals surface area contributed by atoms with Crippen LogP contribution in [-0.4, -0.2) is 20.5 Å². The van der Waals surface area contributed by atoms with Crippen LogP contribution in [0.3, 0.4) is 0 Å². The molecule has 0 radical (unpaired) electrons. The third kappa shape index (κ3) is 4.69. The molecule has 126 valence electrons. The smallest absolute Gasteiger partial charge is 0.329 e. The van der Waals surface area contributed by atoms with Gasteiger partial charge in [0, 0.05) is 12.1 Å². The van der Waals surface area contributed by atoms with Crippen LogP contribution in [0.25, 0.3) is 0 Å². The lowest BCUT2D eigenvalue weighted by atomic mass is 9.92. The average Bonchev–Trinajstić information content (AvgIpc) is 2.36. The van der Waals surface area contributed by atoms with Gasteiger partial charge in [0.25, 0.3) is 0 Å². The Bertz CT molecular complexity index is 615. The molecule has 8 heteroatoms. The number of sulfonamides is 1. The van der Waals surface area contributed by atoms with E-state index in [2.05, 4.69) is 4.72 Å². The van der Waals surface area contributed by atoms with Crippen LogP contribution < -0.4 is 10.5 Å². The van der Waals surface area contributed by atoms with Gasteiger partial charge in [0.2, 0.25) is 10.0 Å². The van der Waals surface area contributed by atoms with E-state index in [0.29, 0.717) is 6.42 Å². The first kappa shape index (κ1) is 18.9. The number of rotatable bonds is 6. The summed E-state index contributed by atoms with van der Waals surface area (Å²) in [5, 5.41) is 0. The Labute approximate surface area is 128 Å². The zero-order chi connectivity index (χ0) is 17.2. The molecular formula is C14H21F3N2O2S. The van der Waals surface area contributed by atoms with Crippen molar-refractivity contribution in [3.05, 3.63) is 29.8 Å². The minimum Gasteiger partial charge on any atom is -0.329 e. The topological polar surface area (TPSA) is 72.2 Å². The lowest BCUT2D eigenvalue weighted by Gasteiger charge is -2.31. The molecule has 1 atom stereocenters. The van der Waals surface area contributed by atoms with E-state index in [0.717, 1.165) is 18.2 Å². The van der Waals surface area contributed by atoms with Crippen LogP contribution in [0, 0.1) is 5.92 Å². The molecule has 0 bridgehead atoms. The van der Waals surface area contributed by atoms with Crippen LogP contribution in [0.5, 0.6) is 0 Å². The maximum Gasteiger partial charge on any atom is 0.417 e. The second-order valence-corrected chi connectivity index (χ2v) is 7.61. The number of hydrogen-bond acceptors (Lipinski definition) is 3. The molecule has 0 spiro atoms. The Morgan fingerprint density at radius 1 is 1.23 bits per heavy atom. The number of benzene rings is 1. The predicted octanol–water partition coefficient (Wildman–Crippen LogP) is 2.75. The third-order valence-electron chi connectivity index (χ3n) is 3.17. The van der Waals surface area contributed by atoms with E-state index in [1.54, 1.807) is 6.92 Å². The highest BCUT2D eigenvalue weighted by Gasteiger charge is 2.39. The standard InChI is InChI=1S/C14H21F3N2O2S/c1-10(2)8-13(3,9-18)19-22(20,21)12-7-5-4-6-11(12)14(15,16)17/h4-7,10,19H,8-9,18H2,1-3H3. The van der Waals surface area contributed by atoms with Crippen LogP contribution in [0.4, 0.5) is 13.2 Å². The molecule has 1 unspecified atom stereocenters. The van der Waals surface area contributed by atoms with Gasteiger partial charge in [0.15, 0.2) is 0 Å². The molecular weight excluding hydrogens is 317 g/mol. The summed E-state index contributed by atoms with van der Waals surface area (Å²) in [5.41, 5.74) is 3.42. The maximum absolute atomic E-state index is 13.0. The third-order valence-corrected chi connectivity index (χ3v) is 4.87. The van der Waals surface area contributed by atoms with E-state index < -0.39 is 32.2 Å². The molecule has 0 fully saturated rings. The van der Waals surface area contributed by atoms with Gasteiger partial charge in [-0.25, -0.2) is 13.1 Å². The number of nitrogens with two attached hydrogens (primary N) is 1. The van der Waals surface area contributed by atoms with Gasteiger partial charge in [-0.1, -0.05) is 26.0 Å². The molecule has 0 aliphatic carbocycles. The monoisotopic (exact) mass is 338 g/mol. The van der Waals surface area contributed by atoms with Crippen molar-refractivity contribution in [1.29, 1.82) is 0 Å². The molecule has 0 aliphatic rings. The lowest BCUT2D eigenvalue weighted by molar-refractivity contribution is -0.139. The Balaban J connectivity index is 3.26. The van der Waals surface area contributed by atoms with Crippen LogP contribution in [0.2, 0.25) is 0 Å². The first-order valence-corrected chi connectivity index (χ1v) is 8.30. The summed E-state index contributed by atoms with van der Waals surface area (Å²) in [6.45, 7) is 5.33. The van der Waals surface area contributed by atoms with Crippen molar-refractivity contribution in [3.63, 3.8) is 0 Å². The van der Waals surface area contributed by atoms with Crippen LogP contribution in [0.1, 0.15) is 32.8 Å². The SMILES string of the molecule is CC(C)CC(C)(CN)NS(=O)(=O)c1ccccc1C(F)(F)F. The van der Waals surface area contributed by atoms with Gasteiger partial charge >= 0.3 is 6.18 Å². The highest BCUT2D eigenvalue weighted by Crippen LogP contribution is 2.34. The summed E-state index contributed by atoms with van der Waals surface area (Å²) in [4.78, 5) is -0.786. The van der Waals surface area contributed by atoms with Crippen molar-refractivity contribution >= 4 is 10.0 Å². The zero-order valence-corrected chi connectivity index (χ0v) is 13.6. The fourth-order valence-electron chi connectivity index (χ4n) is 2.38. The number of alkyl halides is 3. The summed E-state index contributed by atoms with van der Waals surface area (Å²) in [6.07, 6.45) is -4.33. The Morgan fingerprint density at radius 3 is 2.23 bits per heavy atom. The molecule has 0 aliphatic heterocycles. The largest absolute Gasteiger partial charge is 0.417 e. The fourth-order valence-corrected chi connectivity index (χ4v) is 4.04. The lowest BCUT2D eigenvalue weighted by Crippen LogP contribution is -2.52. The van der Waals surface area contributed by atoms with Gasteiger partial charge < -0.3 is 5.73 Å². The van der Waals surface area contributed by atoms with E-state index in [4.69, 9.17) is 5.73 Å². The minimum absolute atomic E-state index is 0.0153. The normalized spacial score (nSPS) is 15.8. The van der Waals surface area contributed by atoms with Gasteiger partial charge in [0.1, 0.15) is 0 Å². The minimum atomic E-state index is -4.75. The second kappa shape index (κ2) is 6.55. The van der Waals surface area contributed by atoms with Crippen LogP contribution in [0.15, 0.2) is 29.2 Å². The number of nitrogens with one attached hydrogen (secondary N) is 1. The molecule has 1 aromatic carbocycles. The van der Waals surface area contributed by atoms with Crippen molar-refractivity contribution < 1.29 is 21.6 Å². The molecule has 0 heterocycles. The highest BCUT2D eigenvalue weighted by atomic mass is 32.2. The van der Waals surface area contributed by atoms with E-state index in [1.165, 1.54) is 6.07 Å². The first-order valence-electron chi connectivity index (χ1n) is 6.81. The zero-order valence-electron chi connectivity index (χ0n) is 12.7. The van der Waals surface area contributed by atoms with Crippen LogP contribution >= 0.6 is 0 Å². The Morgan fingerprint density at radius 2 is 1.77 bits per heavy atom. The van der Waals surface area contributed by atoms with Crippen molar-refractivity contribution in [2.24, 2.45) is 11.7 Å². The van der Waals surface area contributed by atoms with Crippen molar-refractivity contribution in [3.8, 4) is 0 Å². The average molecular weight is 338 g/mol. The van der Waals surface area contributed by atoms with E-state index in [-0.39, 0.29) is 12.5 Å². The molecule has 0 aromatic heterocycles. The molecule has 4 nitrogen and oxygen atoms in total. The van der Waals surface area contributed by atoms with Gasteiger partial charge in [-0.15, -0.1) is 0 Å². The van der Waals surface area contributed by atoms with E-state index >= 15 is 0 Å². The summed E-state index contributed by atoms with van der Waals surface area (Å²) >= 11 is 0. The predicted molar refractivity (Wildman–Crippen MR) is 78.7 cm³/mol. The van der Waals surface area contributed by atoms with Gasteiger partial charge in [-0.3, -0.25) is 0 Å². The molecule has 0 saturated heterocycles. The maximum atomic E-state index is 13.0. The molecule has 0 saturated carbocycles. The van der Waals surface area contributed by atoms with Gasteiger partial charge in [-0.05, 0) is 31.4 Å². The summed E-state index contributed by atoms with van der Waals surface area (Å²) in [7, 11) is -4.34. The van der Waals surface area contributed by atoms with Crippen LogP contribution in [-0.2, 0) is 16.2 Å². The first-order chi connectivity index (χ1) is 9.91. The molecule has 0 amide bonds.